The van der Waals surface area contributed by atoms with Crippen molar-refractivity contribution < 1.29 is 13.6 Å². The van der Waals surface area contributed by atoms with Crippen LogP contribution in [0, 0.1) is 0 Å². The standard InChI is InChI=1S/C18H37N2O3P/c1-4-7-8-9-10-11-13-19-15-16-20(18-19)14-12-17-24(21,22-5-2)23-6-3/h15-16H,4-14,17-18H2,1-3H3. The van der Waals surface area contributed by atoms with Gasteiger partial charge < -0.3 is 18.8 Å². The summed E-state index contributed by atoms with van der Waals surface area (Å²) < 4.78 is 23.1. The number of unbranched alkanes of at least 4 members (excludes halogenated alkanes) is 5. The van der Waals surface area contributed by atoms with E-state index in [4.69, 9.17) is 9.05 Å². The second kappa shape index (κ2) is 12.8. The molecule has 0 radical (unpaired) electrons. The zero-order valence-electron chi connectivity index (χ0n) is 15.9. The Kier molecular flexibility index (Phi) is 11.5. The van der Waals surface area contributed by atoms with E-state index in [9.17, 15) is 4.57 Å². The average Bonchev–Trinajstić information content (AvgIpc) is 2.99. The number of nitrogens with zero attached hydrogens (tertiary/aromatic N) is 2. The average molecular weight is 360 g/mol. The van der Waals surface area contributed by atoms with Crippen molar-refractivity contribution >= 4 is 7.60 Å². The third-order valence-electron chi connectivity index (χ3n) is 4.18. The molecule has 1 heterocycles. The van der Waals surface area contributed by atoms with E-state index >= 15 is 0 Å². The van der Waals surface area contributed by atoms with Gasteiger partial charge in [-0.3, -0.25) is 4.57 Å². The smallest absolute Gasteiger partial charge is 0.330 e. The minimum atomic E-state index is -2.89. The van der Waals surface area contributed by atoms with E-state index in [1.54, 1.807) is 0 Å². The summed E-state index contributed by atoms with van der Waals surface area (Å²) in [6.45, 7) is 9.82. The van der Waals surface area contributed by atoms with Gasteiger partial charge >= 0.3 is 7.60 Å². The zero-order valence-corrected chi connectivity index (χ0v) is 16.8. The van der Waals surface area contributed by atoms with Crippen molar-refractivity contribution in [1.29, 1.82) is 0 Å². The second-order valence-corrected chi connectivity index (χ2v) is 8.54. The van der Waals surface area contributed by atoms with Crippen molar-refractivity contribution in [2.24, 2.45) is 0 Å². The van der Waals surface area contributed by atoms with Crippen LogP contribution in [0.1, 0.15) is 65.7 Å². The maximum absolute atomic E-state index is 12.4. The highest BCUT2D eigenvalue weighted by molar-refractivity contribution is 7.53. The van der Waals surface area contributed by atoms with Crippen molar-refractivity contribution in [2.75, 3.05) is 39.1 Å². The Bertz CT molecular complexity index is 380. The molecule has 0 N–H and O–H groups in total. The molecular weight excluding hydrogens is 323 g/mol. The van der Waals surface area contributed by atoms with Crippen LogP contribution in [-0.2, 0) is 13.6 Å². The van der Waals surface area contributed by atoms with E-state index in [-0.39, 0.29) is 0 Å². The van der Waals surface area contributed by atoms with E-state index in [0.717, 1.165) is 26.2 Å². The van der Waals surface area contributed by atoms with Gasteiger partial charge in [-0.15, -0.1) is 0 Å². The molecule has 6 heteroatoms. The lowest BCUT2D eigenvalue weighted by atomic mass is 10.1. The van der Waals surface area contributed by atoms with Crippen LogP contribution >= 0.6 is 7.60 Å². The van der Waals surface area contributed by atoms with Crippen molar-refractivity contribution in [3.8, 4) is 0 Å². The molecule has 24 heavy (non-hydrogen) atoms. The number of hydrogen-bond donors (Lipinski definition) is 0. The highest BCUT2D eigenvalue weighted by atomic mass is 31.2. The molecule has 1 aliphatic heterocycles. The van der Waals surface area contributed by atoms with Gasteiger partial charge in [-0.1, -0.05) is 39.0 Å². The molecule has 1 aliphatic rings. The summed E-state index contributed by atoms with van der Waals surface area (Å²) in [6.07, 6.45) is 13.6. The van der Waals surface area contributed by atoms with Crippen LogP contribution in [0.25, 0.3) is 0 Å². The molecule has 1 rings (SSSR count). The molecule has 0 bridgehead atoms. The third-order valence-corrected chi connectivity index (χ3v) is 6.35. The summed E-state index contributed by atoms with van der Waals surface area (Å²) in [7, 11) is -2.89. The van der Waals surface area contributed by atoms with E-state index in [1.807, 2.05) is 13.8 Å². The highest BCUT2D eigenvalue weighted by Gasteiger charge is 2.23. The van der Waals surface area contributed by atoms with Crippen LogP contribution < -0.4 is 0 Å². The van der Waals surface area contributed by atoms with Gasteiger partial charge in [-0.2, -0.15) is 0 Å². The van der Waals surface area contributed by atoms with Crippen LogP contribution in [0.15, 0.2) is 12.4 Å². The molecule has 0 fully saturated rings. The molecule has 142 valence electrons. The lowest BCUT2D eigenvalue weighted by Crippen LogP contribution is -2.27. The summed E-state index contributed by atoms with van der Waals surface area (Å²) in [5.74, 6) is 0. The summed E-state index contributed by atoms with van der Waals surface area (Å²) in [5.41, 5.74) is 0. The van der Waals surface area contributed by atoms with Gasteiger partial charge in [0.25, 0.3) is 0 Å². The lowest BCUT2D eigenvalue weighted by molar-refractivity contribution is 0.216. The van der Waals surface area contributed by atoms with E-state index < -0.39 is 7.60 Å². The van der Waals surface area contributed by atoms with Crippen LogP contribution in [-0.4, -0.2) is 48.9 Å². The normalized spacial score (nSPS) is 14.8. The van der Waals surface area contributed by atoms with Gasteiger partial charge in [0, 0.05) is 25.5 Å². The highest BCUT2D eigenvalue weighted by Crippen LogP contribution is 2.48. The van der Waals surface area contributed by atoms with Crippen molar-refractivity contribution in [3.63, 3.8) is 0 Å². The lowest BCUT2D eigenvalue weighted by Gasteiger charge is -2.22. The Balaban J connectivity index is 2.12. The Morgan fingerprint density at radius 3 is 1.96 bits per heavy atom. The van der Waals surface area contributed by atoms with Crippen LogP contribution in [0.4, 0.5) is 0 Å². The Morgan fingerprint density at radius 2 is 1.38 bits per heavy atom. The van der Waals surface area contributed by atoms with Crippen LogP contribution in [0.2, 0.25) is 0 Å². The third kappa shape index (κ3) is 9.10. The molecule has 0 aromatic carbocycles. The second-order valence-electron chi connectivity index (χ2n) is 6.36. The molecule has 5 nitrogen and oxygen atoms in total. The Labute approximate surface area is 148 Å². The molecule has 0 aromatic heterocycles. The fraction of sp³-hybridized carbons (Fsp3) is 0.889. The first kappa shape index (κ1) is 21.5. The summed E-state index contributed by atoms with van der Waals surface area (Å²) >= 11 is 0. The van der Waals surface area contributed by atoms with Crippen molar-refractivity contribution in [2.45, 2.75) is 65.7 Å². The molecular formula is C18H37N2O3P. The van der Waals surface area contributed by atoms with Crippen LogP contribution in [0.5, 0.6) is 0 Å². The maximum atomic E-state index is 12.4. The quantitative estimate of drug-likeness (QED) is 0.302. The summed E-state index contributed by atoms with van der Waals surface area (Å²) in [5, 5.41) is 0. The predicted molar refractivity (Wildman–Crippen MR) is 101 cm³/mol. The summed E-state index contributed by atoms with van der Waals surface area (Å²) in [4.78, 5) is 4.64. The molecule has 0 unspecified atom stereocenters. The predicted octanol–water partition coefficient (Wildman–Crippen LogP) is 5.05. The van der Waals surface area contributed by atoms with Crippen LogP contribution in [0.3, 0.4) is 0 Å². The van der Waals surface area contributed by atoms with E-state index in [2.05, 4.69) is 29.1 Å². The molecule has 0 saturated heterocycles. The minimum absolute atomic E-state index is 0.437. The van der Waals surface area contributed by atoms with Gasteiger partial charge in [-0.05, 0) is 26.7 Å². The monoisotopic (exact) mass is 360 g/mol. The fourth-order valence-corrected chi connectivity index (χ4v) is 4.58. The van der Waals surface area contributed by atoms with Gasteiger partial charge in [-0.25, -0.2) is 0 Å². The zero-order chi connectivity index (χ0) is 17.7. The molecule has 0 atom stereocenters. The molecule has 0 aromatic rings. The summed E-state index contributed by atoms with van der Waals surface area (Å²) in [6, 6.07) is 0. The first-order valence-corrected chi connectivity index (χ1v) is 11.4. The molecule has 0 spiro atoms. The SMILES string of the molecule is CCCCCCCCN1C=CN(CCCP(=O)(OCC)OCC)C1. The minimum Gasteiger partial charge on any atom is -0.359 e. The first-order chi connectivity index (χ1) is 11.6. The number of rotatable bonds is 15. The van der Waals surface area contributed by atoms with Gasteiger partial charge in [0.1, 0.15) is 0 Å². The topological polar surface area (TPSA) is 42.0 Å². The Morgan fingerprint density at radius 1 is 0.833 bits per heavy atom. The molecule has 0 amide bonds. The largest absolute Gasteiger partial charge is 0.359 e. The van der Waals surface area contributed by atoms with Gasteiger partial charge in [0.2, 0.25) is 0 Å². The van der Waals surface area contributed by atoms with Crippen molar-refractivity contribution in [1.82, 2.24) is 9.80 Å². The van der Waals surface area contributed by atoms with E-state index in [0.29, 0.717) is 19.4 Å². The van der Waals surface area contributed by atoms with Gasteiger partial charge in [0.15, 0.2) is 0 Å². The van der Waals surface area contributed by atoms with Gasteiger partial charge in [0.05, 0.1) is 26.0 Å². The number of hydrogen-bond acceptors (Lipinski definition) is 5. The van der Waals surface area contributed by atoms with E-state index in [1.165, 1.54) is 38.5 Å². The molecule has 0 saturated carbocycles. The fourth-order valence-electron chi connectivity index (χ4n) is 2.93. The molecule has 0 aliphatic carbocycles. The van der Waals surface area contributed by atoms with Crippen molar-refractivity contribution in [3.05, 3.63) is 12.4 Å². The Hall–Kier alpha value is -0.510. The first-order valence-electron chi connectivity index (χ1n) is 9.68. The maximum Gasteiger partial charge on any atom is 0.330 e.